The van der Waals surface area contributed by atoms with Crippen LogP contribution in [0.25, 0.3) is 22.0 Å². The summed E-state index contributed by atoms with van der Waals surface area (Å²) >= 11 is 0. The van der Waals surface area contributed by atoms with Crippen molar-refractivity contribution < 1.29 is 18.3 Å². The molecule has 3 heterocycles. The van der Waals surface area contributed by atoms with Crippen LogP contribution in [0, 0.1) is 5.92 Å². The molecule has 37 heavy (non-hydrogen) atoms. The quantitative estimate of drug-likeness (QED) is 0.394. The van der Waals surface area contributed by atoms with E-state index in [-0.39, 0.29) is 17.4 Å². The Morgan fingerprint density at radius 1 is 1.05 bits per heavy atom. The number of rotatable bonds is 7. The topological polar surface area (TPSA) is 91.0 Å². The smallest absolute Gasteiger partial charge is 0.387 e. The fraction of sp³-hybridized carbons (Fsp3) is 0.333. The van der Waals surface area contributed by atoms with Crippen LogP contribution in [0.1, 0.15) is 37.3 Å². The second-order valence-corrected chi connectivity index (χ2v) is 9.55. The Hall–Kier alpha value is -4.08. The van der Waals surface area contributed by atoms with Gasteiger partial charge in [-0.15, -0.1) is 0 Å². The number of para-hydroxylation sites is 1. The molecule has 2 atom stereocenters. The lowest BCUT2D eigenvalue weighted by molar-refractivity contribution is -0.117. The molecule has 0 unspecified atom stereocenters. The van der Waals surface area contributed by atoms with Crippen LogP contribution in [0.15, 0.2) is 59.7 Å². The van der Waals surface area contributed by atoms with E-state index < -0.39 is 6.61 Å². The number of alkyl halides is 2. The Labute approximate surface area is 210 Å². The average Bonchev–Trinajstić information content (AvgIpc) is 3.59. The first-order valence-corrected chi connectivity index (χ1v) is 12.3. The van der Waals surface area contributed by atoms with Crippen LogP contribution in [-0.4, -0.2) is 38.3 Å². The van der Waals surface area contributed by atoms with Crippen LogP contribution in [0.2, 0.25) is 0 Å². The number of ether oxygens (including phenoxy) is 1. The Kier molecular flexibility index (Phi) is 5.94. The summed E-state index contributed by atoms with van der Waals surface area (Å²) in [5.74, 6) is 1.24. The maximum atomic E-state index is 13.1. The largest absolute Gasteiger partial charge is 0.434 e. The summed E-state index contributed by atoms with van der Waals surface area (Å²) in [6.07, 6.45) is 6.18. The Balaban J connectivity index is 1.31. The molecule has 1 saturated carbocycles. The monoisotopic (exact) mass is 505 g/mol. The first-order chi connectivity index (χ1) is 18.0. The van der Waals surface area contributed by atoms with Gasteiger partial charge in [0.05, 0.1) is 16.9 Å². The van der Waals surface area contributed by atoms with Gasteiger partial charge in [0.15, 0.2) is 0 Å². The zero-order valence-corrected chi connectivity index (χ0v) is 19.9. The normalized spacial score (nSPS) is 19.1. The third-order valence-electron chi connectivity index (χ3n) is 7.25. The van der Waals surface area contributed by atoms with E-state index in [1.807, 2.05) is 16.8 Å². The van der Waals surface area contributed by atoms with E-state index in [1.165, 1.54) is 6.07 Å². The Morgan fingerprint density at radius 2 is 1.86 bits per heavy atom. The molecule has 2 aromatic carbocycles. The standard InChI is InChI=1S/C27H25F2N5O3/c28-26(29)37-24-4-2-1-3-20(24)22-9-10-33-25(36)21-8-6-17(12-23(21)34(22)33)18-14-31-27(32-15-18)30-13-16-5-7-19(35)11-16/h1-4,6,8,12,14-16,22,26H,5,7,9-11,13H2,(H,30,31,32)/t16-,22-/m0/s1. The molecular weight excluding hydrogens is 480 g/mol. The third kappa shape index (κ3) is 4.36. The lowest BCUT2D eigenvalue weighted by Crippen LogP contribution is -2.18. The molecule has 0 amide bonds. The van der Waals surface area contributed by atoms with E-state index in [0.29, 0.717) is 66.5 Å². The molecule has 1 N–H and O–H groups in total. The van der Waals surface area contributed by atoms with Crippen molar-refractivity contribution in [1.82, 2.24) is 19.3 Å². The van der Waals surface area contributed by atoms with Crippen LogP contribution in [0.5, 0.6) is 5.75 Å². The number of fused-ring (bicyclic) bond motifs is 3. The summed E-state index contributed by atoms with van der Waals surface area (Å²) in [6.45, 7) is -1.79. The lowest BCUT2D eigenvalue weighted by Gasteiger charge is -2.18. The number of halogens is 2. The van der Waals surface area contributed by atoms with Crippen LogP contribution >= 0.6 is 0 Å². The van der Waals surface area contributed by atoms with Gasteiger partial charge >= 0.3 is 6.61 Å². The molecule has 0 saturated heterocycles. The number of nitrogens with one attached hydrogen (secondary N) is 1. The molecule has 0 bridgehead atoms. The Morgan fingerprint density at radius 3 is 2.62 bits per heavy atom. The molecule has 6 rings (SSSR count). The fourth-order valence-electron chi connectivity index (χ4n) is 5.48. The number of carbonyl (C=O) groups is 1. The van der Waals surface area contributed by atoms with Crippen LogP contribution in [0.3, 0.4) is 0 Å². The molecule has 0 radical (unpaired) electrons. The maximum Gasteiger partial charge on any atom is 0.387 e. The first kappa shape index (κ1) is 23.3. The number of carbonyl (C=O) groups excluding carboxylic acids is 1. The van der Waals surface area contributed by atoms with Gasteiger partial charge in [-0.05, 0) is 42.5 Å². The molecule has 4 aromatic rings. The summed E-state index contributed by atoms with van der Waals surface area (Å²) in [4.78, 5) is 33.4. The fourth-order valence-corrected chi connectivity index (χ4v) is 5.48. The second kappa shape index (κ2) is 9.42. The Bertz CT molecular complexity index is 1530. The predicted molar refractivity (Wildman–Crippen MR) is 134 cm³/mol. The van der Waals surface area contributed by atoms with Crippen molar-refractivity contribution in [3.63, 3.8) is 0 Å². The minimum Gasteiger partial charge on any atom is -0.434 e. The van der Waals surface area contributed by atoms with Crippen molar-refractivity contribution in [2.75, 3.05) is 11.9 Å². The van der Waals surface area contributed by atoms with E-state index in [0.717, 1.165) is 17.5 Å². The number of hydrogen-bond acceptors (Lipinski definition) is 6. The minimum atomic E-state index is -2.93. The molecule has 10 heteroatoms. The molecule has 8 nitrogen and oxygen atoms in total. The highest BCUT2D eigenvalue weighted by atomic mass is 19.3. The van der Waals surface area contributed by atoms with E-state index in [4.69, 9.17) is 4.74 Å². The number of hydrogen-bond donors (Lipinski definition) is 1. The average molecular weight is 506 g/mol. The third-order valence-corrected chi connectivity index (χ3v) is 7.25. The number of anilines is 1. The van der Waals surface area contributed by atoms with Gasteiger partial charge < -0.3 is 10.1 Å². The first-order valence-electron chi connectivity index (χ1n) is 12.3. The number of benzene rings is 2. The van der Waals surface area contributed by atoms with E-state index >= 15 is 0 Å². The highest BCUT2D eigenvalue weighted by Crippen LogP contribution is 2.37. The van der Waals surface area contributed by atoms with Gasteiger partial charge in [0, 0.05) is 49.5 Å². The molecule has 2 aromatic heterocycles. The van der Waals surface area contributed by atoms with E-state index in [2.05, 4.69) is 15.3 Å². The summed E-state index contributed by atoms with van der Waals surface area (Å²) in [5, 5.41) is 3.77. The summed E-state index contributed by atoms with van der Waals surface area (Å²) in [7, 11) is 0. The van der Waals surface area contributed by atoms with Gasteiger partial charge in [0.25, 0.3) is 5.56 Å². The van der Waals surface area contributed by atoms with Crippen molar-refractivity contribution in [1.29, 1.82) is 0 Å². The van der Waals surface area contributed by atoms with Gasteiger partial charge in [-0.2, -0.15) is 8.78 Å². The van der Waals surface area contributed by atoms with Crippen molar-refractivity contribution in [3.05, 3.63) is 70.8 Å². The lowest BCUT2D eigenvalue weighted by atomic mass is 10.0. The molecule has 1 aliphatic carbocycles. The molecule has 190 valence electrons. The van der Waals surface area contributed by atoms with Gasteiger partial charge in [-0.3, -0.25) is 14.3 Å². The predicted octanol–water partition coefficient (Wildman–Crippen LogP) is 4.64. The summed E-state index contributed by atoms with van der Waals surface area (Å²) in [6, 6.07) is 12.0. The zero-order chi connectivity index (χ0) is 25.5. The number of aromatic nitrogens is 4. The molecule has 0 spiro atoms. The van der Waals surface area contributed by atoms with E-state index in [9.17, 15) is 18.4 Å². The van der Waals surface area contributed by atoms with Crippen molar-refractivity contribution in [2.24, 2.45) is 5.92 Å². The summed E-state index contributed by atoms with van der Waals surface area (Å²) < 4.78 is 34.4. The van der Waals surface area contributed by atoms with Crippen molar-refractivity contribution in [3.8, 4) is 16.9 Å². The zero-order valence-electron chi connectivity index (χ0n) is 19.9. The highest BCUT2D eigenvalue weighted by Gasteiger charge is 2.30. The van der Waals surface area contributed by atoms with Crippen LogP contribution in [0.4, 0.5) is 14.7 Å². The molecule has 1 fully saturated rings. The number of ketones is 1. The van der Waals surface area contributed by atoms with Gasteiger partial charge in [-0.25, -0.2) is 14.6 Å². The van der Waals surface area contributed by atoms with Crippen molar-refractivity contribution in [2.45, 2.75) is 44.9 Å². The van der Waals surface area contributed by atoms with Crippen LogP contribution < -0.4 is 15.6 Å². The molecule has 2 aliphatic rings. The van der Waals surface area contributed by atoms with Gasteiger partial charge in [0.1, 0.15) is 11.5 Å². The number of Topliss-reactive ketones (excluding diaryl/α,β-unsaturated/α-hetero) is 1. The molecule has 1 aliphatic heterocycles. The second-order valence-electron chi connectivity index (χ2n) is 9.55. The summed E-state index contributed by atoms with van der Waals surface area (Å²) in [5.41, 5.74) is 2.83. The number of nitrogens with zero attached hydrogens (tertiary/aromatic N) is 4. The van der Waals surface area contributed by atoms with E-state index in [1.54, 1.807) is 41.3 Å². The van der Waals surface area contributed by atoms with Gasteiger partial charge in [0.2, 0.25) is 5.95 Å². The maximum absolute atomic E-state index is 13.1. The molecular formula is C27H25F2N5O3. The van der Waals surface area contributed by atoms with Crippen LogP contribution in [-0.2, 0) is 11.3 Å². The van der Waals surface area contributed by atoms with Crippen molar-refractivity contribution >= 4 is 22.6 Å². The highest BCUT2D eigenvalue weighted by molar-refractivity contribution is 5.85. The SMILES string of the molecule is O=C1CC[C@H](CNc2ncc(-c3ccc4c(=O)n5n(c4c3)[C@H](c3ccccc3OC(F)F)CC5)cn2)C1. The minimum absolute atomic E-state index is 0.111. The van der Waals surface area contributed by atoms with Gasteiger partial charge in [-0.1, -0.05) is 24.3 Å².